The summed E-state index contributed by atoms with van der Waals surface area (Å²) in [5, 5.41) is 2.63. The highest BCUT2D eigenvalue weighted by Gasteiger charge is 2.36. The molecule has 6 heteroatoms. The van der Waals surface area contributed by atoms with Gasteiger partial charge in [0.15, 0.2) is 0 Å². The Hall–Kier alpha value is -3.15. The van der Waals surface area contributed by atoms with Crippen LogP contribution in [0.5, 0.6) is 5.75 Å². The first-order chi connectivity index (χ1) is 11.0. The summed E-state index contributed by atoms with van der Waals surface area (Å²) in [6.07, 6.45) is 0. The third kappa shape index (κ3) is 2.44. The fourth-order valence-corrected chi connectivity index (χ4v) is 2.55. The third-order valence-corrected chi connectivity index (χ3v) is 3.55. The summed E-state index contributed by atoms with van der Waals surface area (Å²) in [6.45, 7) is 1.37. The molecule has 0 saturated heterocycles. The summed E-state index contributed by atoms with van der Waals surface area (Å²) in [7, 11) is 1.47. The number of anilines is 2. The van der Waals surface area contributed by atoms with Gasteiger partial charge in [-0.05, 0) is 30.3 Å². The first kappa shape index (κ1) is 14.8. The number of nitrogens with zero attached hydrogens (tertiary/aromatic N) is 1. The van der Waals surface area contributed by atoms with Gasteiger partial charge in [-0.3, -0.25) is 14.4 Å². The molecule has 0 bridgehead atoms. The van der Waals surface area contributed by atoms with Crippen LogP contribution in [-0.2, 0) is 4.79 Å². The van der Waals surface area contributed by atoms with Crippen LogP contribution in [0, 0.1) is 0 Å². The average Bonchev–Trinajstić information content (AvgIpc) is 2.79. The Morgan fingerprint density at radius 3 is 2.17 bits per heavy atom. The van der Waals surface area contributed by atoms with Gasteiger partial charge in [0, 0.05) is 6.92 Å². The van der Waals surface area contributed by atoms with Crippen molar-refractivity contribution in [1.29, 1.82) is 0 Å². The molecular formula is C17H14N2O4. The van der Waals surface area contributed by atoms with Crippen LogP contribution in [0.4, 0.5) is 11.4 Å². The Morgan fingerprint density at radius 1 is 1.04 bits per heavy atom. The van der Waals surface area contributed by atoms with E-state index in [0.29, 0.717) is 28.3 Å². The van der Waals surface area contributed by atoms with E-state index in [2.05, 4.69) is 5.32 Å². The normalized spacial score (nSPS) is 13.0. The molecule has 116 valence electrons. The van der Waals surface area contributed by atoms with Crippen molar-refractivity contribution in [3.63, 3.8) is 0 Å². The summed E-state index contributed by atoms with van der Waals surface area (Å²) < 4.78 is 5.18. The molecule has 0 fully saturated rings. The van der Waals surface area contributed by atoms with Gasteiger partial charge in [-0.15, -0.1) is 0 Å². The maximum atomic E-state index is 12.5. The highest BCUT2D eigenvalue weighted by molar-refractivity contribution is 6.34. The zero-order valence-electron chi connectivity index (χ0n) is 12.6. The quantitative estimate of drug-likeness (QED) is 0.884. The summed E-state index contributed by atoms with van der Waals surface area (Å²) in [5.41, 5.74) is 1.51. The van der Waals surface area contributed by atoms with Crippen LogP contribution >= 0.6 is 0 Å². The van der Waals surface area contributed by atoms with Gasteiger partial charge < -0.3 is 10.1 Å². The molecule has 0 saturated carbocycles. The number of hydrogen-bond acceptors (Lipinski definition) is 4. The Labute approximate surface area is 132 Å². The van der Waals surface area contributed by atoms with Crippen molar-refractivity contribution in [2.75, 3.05) is 17.3 Å². The smallest absolute Gasteiger partial charge is 0.266 e. The highest BCUT2D eigenvalue weighted by Crippen LogP contribution is 2.34. The number of imide groups is 1. The average molecular weight is 310 g/mol. The van der Waals surface area contributed by atoms with E-state index in [1.807, 2.05) is 0 Å². The second-order valence-electron chi connectivity index (χ2n) is 5.06. The van der Waals surface area contributed by atoms with Crippen molar-refractivity contribution < 1.29 is 19.1 Å². The number of fused-ring (bicyclic) bond motifs is 1. The molecule has 0 radical (unpaired) electrons. The molecule has 0 atom stereocenters. The predicted molar refractivity (Wildman–Crippen MR) is 84.9 cm³/mol. The second kappa shape index (κ2) is 5.57. The third-order valence-electron chi connectivity index (χ3n) is 3.55. The number of methoxy groups -OCH3 is 1. The van der Waals surface area contributed by atoms with Gasteiger partial charge in [0.2, 0.25) is 5.91 Å². The van der Waals surface area contributed by atoms with Gasteiger partial charge >= 0.3 is 0 Å². The summed E-state index contributed by atoms with van der Waals surface area (Å²) in [4.78, 5) is 37.4. The molecule has 2 aromatic rings. The lowest BCUT2D eigenvalue weighted by Crippen LogP contribution is -2.29. The Kier molecular flexibility index (Phi) is 3.57. The Balaban J connectivity index is 2.05. The van der Waals surface area contributed by atoms with Crippen LogP contribution in [0.3, 0.4) is 0 Å². The van der Waals surface area contributed by atoms with Crippen LogP contribution in [0.25, 0.3) is 0 Å². The molecular weight excluding hydrogens is 296 g/mol. The summed E-state index contributed by atoms with van der Waals surface area (Å²) >= 11 is 0. The van der Waals surface area contributed by atoms with E-state index in [0.717, 1.165) is 4.90 Å². The molecule has 1 aliphatic rings. The van der Waals surface area contributed by atoms with Crippen molar-refractivity contribution in [3.05, 3.63) is 53.6 Å². The summed E-state index contributed by atoms with van der Waals surface area (Å²) in [6, 6.07) is 11.4. The molecule has 3 amide bonds. The van der Waals surface area contributed by atoms with Gasteiger partial charge in [0.25, 0.3) is 11.8 Å². The first-order valence-corrected chi connectivity index (χ1v) is 6.96. The first-order valence-electron chi connectivity index (χ1n) is 6.96. The van der Waals surface area contributed by atoms with E-state index in [1.54, 1.807) is 42.5 Å². The topological polar surface area (TPSA) is 75.7 Å². The number of hydrogen-bond donors (Lipinski definition) is 1. The number of carbonyl (C=O) groups is 3. The standard InChI is InChI=1S/C17H14N2O4/c1-10(20)18-14-9-11(7-8-15(14)23-2)19-16(21)12-5-3-4-6-13(12)17(19)22/h3-9H,1-2H3,(H,18,20). The molecule has 6 nitrogen and oxygen atoms in total. The second-order valence-corrected chi connectivity index (χ2v) is 5.06. The lowest BCUT2D eigenvalue weighted by molar-refractivity contribution is -0.114. The Morgan fingerprint density at radius 2 is 1.65 bits per heavy atom. The van der Waals surface area contributed by atoms with Crippen LogP contribution in [-0.4, -0.2) is 24.8 Å². The minimum Gasteiger partial charge on any atom is -0.495 e. The number of amides is 3. The maximum Gasteiger partial charge on any atom is 0.266 e. The molecule has 0 aromatic heterocycles. The lowest BCUT2D eigenvalue weighted by Gasteiger charge is -2.17. The highest BCUT2D eigenvalue weighted by atomic mass is 16.5. The molecule has 1 aliphatic heterocycles. The van der Waals surface area contributed by atoms with Crippen LogP contribution in [0.15, 0.2) is 42.5 Å². The van der Waals surface area contributed by atoms with Crippen molar-refractivity contribution in [3.8, 4) is 5.75 Å². The fourth-order valence-electron chi connectivity index (χ4n) is 2.55. The predicted octanol–water partition coefficient (Wildman–Crippen LogP) is 2.45. The van der Waals surface area contributed by atoms with Crippen molar-refractivity contribution in [1.82, 2.24) is 0 Å². The van der Waals surface area contributed by atoms with E-state index in [-0.39, 0.29) is 17.7 Å². The largest absolute Gasteiger partial charge is 0.495 e. The van der Waals surface area contributed by atoms with E-state index in [4.69, 9.17) is 4.74 Å². The minimum absolute atomic E-state index is 0.275. The van der Waals surface area contributed by atoms with Crippen LogP contribution in [0.1, 0.15) is 27.6 Å². The molecule has 23 heavy (non-hydrogen) atoms. The Bertz CT molecular complexity index is 794. The SMILES string of the molecule is COc1ccc(N2C(=O)c3ccccc3C2=O)cc1NC(C)=O. The molecule has 0 spiro atoms. The molecule has 0 unspecified atom stereocenters. The monoisotopic (exact) mass is 310 g/mol. The van der Waals surface area contributed by atoms with E-state index in [1.165, 1.54) is 14.0 Å². The van der Waals surface area contributed by atoms with Gasteiger partial charge in [-0.1, -0.05) is 12.1 Å². The summed E-state index contributed by atoms with van der Waals surface area (Å²) in [5.74, 6) is -0.600. The number of rotatable bonds is 3. The van der Waals surface area contributed by atoms with E-state index in [9.17, 15) is 14.4 Å². The number of carbonyl (C=O) groups excluding carboxylic acids is 3. The molecule has 3 rings (SSSR count). The molecule has 2 aromatic carbocycles. The van der Waals surface area contributed by atoms with Gasteiger partial charge in [-0.25, -0.2) is 4.90 Å². The van der Waals surface area contributed by atoms with Crippen molar-refractivity contribution in [2.24, 2.45) is 0 Å². The number of benzene rings is 2. The number of nitrogens with one attached hydrogen (secondary N) is 1. The van der Waals surface area contributed by atoms with Gasteiger partial charge in [0.1, 0.15) is 5.75 Å². The molecule has 1 N–H and O–H groups in total. The van der Waals surface area contributed by atoms with Crippen LogP contribution < -0.4 is 15.0 Å². The van der Waals surface area contributed by atoms with Crippen molar-refractivity contribution in [2.45, 2.75) is 6.92 Å². The van der Waals surface area contributed by atoms with Gasteiger partial charge in [0.05, 0.1) is 29.6 Å². The lowest BCUT2D eigenvalue weighted by atomic mass is 10.1. The maximum absolute atomic E-state index is 12.5. The molecule has 1 heterocycles. The van der Waals surface area contributed by atoms with Crippen LogP contribution in [0.2, 0.25) is 0 Å². The van der Waals surface area contributed by atoms with Gasteiger partial charge in [-0.2, -0.15) is 0 Å². The number of ether oxygens (including phenoxy) is 1. The van der Waals surface area contributed by atoms with E-state index < -0.39 is 0 Å². The zero-order valence-corrected chi connectivity index (χ0v) is 12.6. The molecule has 0 aliphatic carbocycles. The van der Waals surface area contributed by atoms with E-state index >= 15 is 0 Å². The fraction of sp³-hybridized carbons (Fsp3) is 0.118. The van der Waals surface area contributed by atoms with Crippen molar-refractivity contribution >= 4 is 29.1 Å². The zero-order chi connectivity index (χ0) is 16.6. The minimum atomic E-state index is -0.385.